The number of ether oxygens (including phenoxy) is 1. The average Bonchev–Trinajstić information content (AvgIpc) is 3.33. The summed E-state index contributed by atoms with van der Waals surface area (Å²) in [5, 5.41) is 21.2. The molecule has 0 saturated heterocycles. The van der Waals surface area contributed by atoms with Gasteiger partial charge in [0.2, 0.25) is 0 Å². The van der Waals surface area contributed by atoms with Crippen LogP contribution in [0.15, 0.2) is 76.4 Å². The third kappa shape index (κ3) is 8.54. The van der Waals surface area contributed by atoms with Gasteiger partial charge in [0.15, 0.2) is 5.96 Å². The van der Waals surface area contributed by atoms with Gasteiger partial charge in [0.05, 0.1) is 26.3 Å². The predicted octanol–water partition coefficient (Wildman–Crippen LogP) is 5.05. The molecule has 0 radical (unpaired) electrons. The second-order valence-corrected chi connectivity index (χ2v) is 8.41. The molecule has 32 heavy (non-hydrogen) atoms. The van der Waals surface area contributed by atoms with Gasteiger partial charge < -0.3 is 20.5 Å². The first-order valence-corrected chi connectivity index (χ1v) is 11.5. The highest BCUT2D eigenvalue weighted by Crippen LogP contribution is 2.22. The van der Waals surface area contributed by atoms with E-state index >= 15 is 0 Å². The molecule has 5 nitrogen and oxygen atoms in total. The normalized spacial score (nSPS) is 13.2. The lowest BCUT2D eigenvalue weighted by molar-refractivity contribution is 0.0621. The molecule has 0 amide bonds. The summed E-state index contributed by atoms with van der Waals surface area (Å²) < 4.78 is 5.85. The molecule has 0 fully saturated rings. The number of nitrogens with one attached hydrogen (secondary N) is 2. The zero-order chi connectivity index (χ0) is 21.9. The van der Waals surface area contributed by atoms with Crippen molar-refractivity contribution in [2.24, 2.45) is 4.99 Å². The van der Waals surface area contributed by atoms with Crippen LogP contribution < -0.4 is 10.6 Å². The summed E-state index contributed by atoms with van der Waals surface area (Å²) >= 11 is 1.58. The second-order valence-electron chi connectivity index (χ2n) is 7.63. The van der Waals surface area contributed by atoms with Crippen LogP contribution in [-0.4, -0.2) is 24.2 Å². The summed E-state index contributed by atoms with van der Waals surface area (Å²) in [6.45, 7) is 6.67. The standard InChI is InChI=1S/C25H31N3O2S.HI/c1-3-26-24(28-19-25(2,29)23-12-13-31-18-23)27-15-21-10-7-11-22(14-21)17-30-16-20-8-5-4-6-9-20;/h4-14,18,29H,3,15-17,19H2,1-2H3,(H2,26,27,28);1H. The number of nitrogens with zero attached hydrogens (tertiary/aromatic N) is 1. The highest BCUT2D eigenvalue weighted by Gasteiger charge is 2.23. The van der Waals surface area contributed by atoms with E-state index in [2.05, 4.69) is 46.0 Å². The Morgan fingerprint density at radius 3 is 2.44 bits per heavy atom. The van der Waals surface area contributed by atoms with E-state index in [9.17, 15) is 5.11 Å². The van der Waals surface area contributed by atoms with E-state index in [1.165, 1.54) is 5.56 Å². The maximum Gasteiger partial charge on any atom is 0.191 e. The smallest absolute Gasteiger partial charge is 0.191 e. The average molecular weight is 566 g/mol. The molecule has 0 aliphatic heterocycles. The Morgan fingerprint density at radius 1 is 1.00 bits per heavy atom. The molecule has 0 saturated carbocycles. The number of hydrogen-bond acceptors (Lipinski definition) is 4. The molecule has 3 rings (SSSR count). The molecular formula is C25H32IN3O2S. The van der Waals surface area contributed by atoms with E-state index in [4.69, 9.17) is 4.74 Å². The minimum absolute atomic E-state index is 0. The van der Waals surface area contributed by atoms with E-state index in [1.807, 2.05) is 54.9 Å². The van der Waals surface area contributed by atoms with E-state index < -0.39 is 5.60 Å². The number of aliphatic imine (C=N–C) groups is 1. The highest BCUT2D eigenvalue weighted by atomic mass is 127. The summed E-state index contributed by atoms with van der Waals surface area (Å²) in [4.78, 5) is 4.68. The Hall–Kier alpha value is -1.94. The summed E-state index contributed by atoms with van der Waals surface area (Å²) in [7, 11) is 0. The van der Waals surface area contributed by atoms with Gasteiger partial charge in [0.25, 0.3) is 0 Å². The van der Waals surface area contributed by atoms with Gasteiger partial charge >= 0.3 is 0 Å². The van der Waals surface area contributed by atoms with Crippen molar-refractivity contribution >= 4 is 41.3 Å². The van der Waals surface area contributed by atoms with Crippen molar-refractivity contribution in [3.8, 4) is 0 Å². The molecular weight excluding hydrogens is 533 g/mol. The van der Waals surface area contributed by atoms with Gasteiger partial charge in [0, 0.05) is 6.54 Å². The Bertz CT molecular complexity index is 947. The van der Waals surface area contributed by atoms with Gasteiger partial charge in [-0.1, -0.05) is 54.6 Å². The van der Waals surface area contributed by atoms with E-state index in [0.717, 1.165) is 23.2 Å². The Morgan fingerprint density at radius 2 is 1.72 bits per heavy atom. The van der Waals surface area contributed by atoms with Crippen LogP contribution in [0, 0.1) is 0 Å². The maximum absolute atomic E-state index is 10.7. The van der Waals surface area contributed by atoms with Crippen LogP contribution in [0.4, 0.5) is 0 Å². The lowest BCUT2D eigenvalue weighted by Crippen LogP contribution is -2.44. The fourth-order valence-electron chi connectivity index (χ4n) is 3.12. The first-order valence-electron chi connectivity index (χ1n) is 10.5. The van der Waals surface area contributed by atoms with Gasteiger partial charge in [-0.15, -0.1) is 24.0 Å². The van der Waals surface area contributed by atoms with Crippen LogP contribution in [0.5, 0.6) is 0 Å². The van der Waals surface area contributed by atoms with Crippen molar-refractivity contribution in [1.29, 1.82) is 0 Å². The number of thiophene rings is 1. The fraction of sp³-hybridized carbons (Fsp3) is 0.320. The van der Waals surface area contributed by atoms with Crippen molar-refractivity contribution in [2.45, 2.75) is 39.2 Å². The second kappa shape index (κ2) is 13.6. The zero-order valence-corrected chi connectivity index (χ0v) is 21.7. The summed E-state index contributed by atoms with van der Waals surface area (Å²) in [6.07, 6.45) is 0. The van der Waals surface area contributed by atoms with Gasteiger partial charge in [-0.05, 0) is 52.9 Å². The highest BCUT2D eigenvalue weighted by molar-refractivity contribution is 14.0. The number of guanidine groups is 1. The van der Waals surface area contributed by atoms with Gasteiger partial charge in [0.1, 0.15) is 5.60 Å². The predicted molar refractivity (Wildman–Crippen MR) is 144 cm³/mol. The molecule has 7 heteroatoms. The molecule has 0 aliphatic rings. The molecule has 1 unspecified atom stereocenters. The number of halogens is 1. The van der Waals surface area contributed by atoms with Crippen molar-refractivity contribution in [3.63, 3.8) is 0 Å². The van der Waals surface area contributed by atoms with Crippen molar-refractivity contribution in [2.75, 3.05) is 13.1 Å². The number of hydrogen-bond donors (Lipinski definition) is 3. The molecule has 3 N–H and O–H groups in total. The monoisotopic (exact) mass is 565 g/mol. The van der Waals surface area contributed by atoms with Crippen LogP contribution in [0.3, 0.4) is 0 Å². The number of aliphatic hydroxyl groups is 1. The fourth-order valence-corrected chi connectivity index (χ4v) is 3.90. The quantitative estimate of drug-likeness (QED) is 0.183. The number of rotatable bonds is 10. The first-order chi connectivity index (χ1) is 15.1. The molecule has 1 heterocycles. The van der Waals surface area contributed by atoms with Crippen molar-refractivity contribution in [3.05, 3.63) is 93.7 Å². The topological polar surface area (TPSA) is 65.9 Å². The summed E-state index contributed by atoms with van der Waals surface area (Å²) in [5.74, 6) is 0.684. The molecule has 1 atom stereocenters. The lowest BCUT2D eigenvalue weighted by atomic mass is 9.99. The molecule has 0 aliphatic carbocycles. The van der Waals surface area contributed by atoms with Crippen LogP contribution in [0.25, 0.3) is 0 Å². The van der Waals surface area contributed by atoms with E-state index in [1.54, 1.807) is 11.3 Å². The molecule has 0 bridgehead atoms. The molecule has 0 spiro atoms. The molecule has 172 valence electrons. The summed E-state index contributed by atoms with van der Waals surface area (Å²) in [6, 6.07) is 20.4. The maximum atomic E-state index is 10.7. The van der Waals surface area contributed by atoms with E-state index in [-0.39, 0.29) is 24.0 Å². The van der Waals surface area contributed by atoms with Gasteiger partial charge in [-0.3, -0.25) is 0 Å². The molecule has 2 aromatic carbocycles. The van der Waals surface area contributed by atoms with Gasteiger partial charge in [-0.25, -0.2) is 4.99 Å². The Balaban J connectivity index is 0.00000363. The number of benzene rings is 2. The van der Waals surface area contributed by atoms with Gasteiger partial charge in [-0.2, -0.15) is 11.3 Å². The summed E-state index contributed by atoms with van der Waals surface area (Å²) in [5.41, 5.74) is 3.36. The van der Waals surface area contributed by atoms with Crippen LogP contribution in [0.2, 0.25) is 0 Å². The molecule has 3 aromatic rings. The minimum Gasteiger partial charge on any atom is -0.384 e. The largest absolute Gasteiger partial charge is 0.384 e. The van der Waals surface area contributed by atoms with Crippen LogP contribution >= 0.6 is 35.3 Å². The lowest BCUT2D eigenvalue weighted by Gasteiger charge is -2.24. The van der Waals surface area contributed by atoms with Crippen molar-refractivity contribution in [1.82, 2.24) is 10.6 Å². The third-order valence-electron chi connectivity index (χ3n) is 4.88. The van der Waals surface area contributed by atoms with E-state index in [0.29, 0.717) is 32.3 Å². The SMILES string of the molecule is CCNC(=NCc1cccc(COCc2ccccc2)c1)NCC(C)(O)c1ccsc1.I. The third-order valence-corrected chi connectivity index (χ3v) is 5.56. The van der Waals surface area contributed by atoms with Crippen LogP contribution in [0.1, 0.15) is 36.1 Å². The first kappa shape index (κ1) is 26.3. The van der Waals surface area contributed by atoms with Crippen molar-refractivity contribution < 1.29 is 9.84 Å². The Kier molecular flexibility index (Phi) is 11.2. The molecule has 1 aromatic heterocycles. The van der Waals surface area contributed by atoms with Crippen LogP contribution in [-0.2, 0) is 30.1 Å². The minimum atomic E-state index is -0.952. The Labute approximate surface area is 212 Å². The zero-order valence-electron chi connectivity index (χ0n) is 18.6.